The van der Waals surface area contributed by atoms with E-state index in [0.717, 1.165) is 28.5 Å². The number of nitrogens with one attached hydrogen (secondary N) is 1. The predicted molar refractivity (Wildman–Crippen MR) is 78.9 cm³/mol. The summed E-state index contributed by atoms with van der Waals surface area (Å²) in [6, 6.07) is 7.61. The van der Waals surface area contributed by atoms with Crippen molar-refractivity contribution in [3.8, 4) is 10.8 Å². The summed E-state index contributed by atoms with van der Waals surface area (Å²) in [5.74, 6) is 0.699. The molecule has 3 aromatic rings. The minimum Gasteiger partial charge on any atom is -0.452 e. The zero-order chi connectivity index (χ0) is 13.2. The van der Waals surface area contributed by atoms with Crippen molar-refractivity contribution in [1.29, 1.82) is 0 Å². The van der Waals surface area contributed by atoms with Crippen molar-refractivity contribution >= 4 is 39.0 Å². The van der Waals surface area contributed by atoms with Crippen LogP contribution in [-0.4, -0.2) is 16.7 Å². The second kappa shape index (κ2) is 5.19. The smallest absolute Gasteiger partial charge is 0.206 e. The molecule has 0 atom stereocenters. The van der Waals surface area contributed by atoms with Crippen molar-refractivity contribution < 1.29 is 4.42 Å². The van der Waals surface area contributed by atoms with Crippen molar-refractivity contribution in [1.82, 2.24) is 10.2 Å². The lowest BCUT2D eigenvalue weighted by molar-refractivity contribution is 0.630. The van der Waals surface area contributed by atoms with Gasteiger partial charge in [0.15, 0.2) is 16.4 Å². The largest absolute Gasteiger partial charge is 0.452 e. The number of halogens is 1. The van der Waals surface area contributed by atoms with E-state index >= 15 is 0 Å². The molecule has 0 aliphatic heterocycles. The van der Waals surface area contributed by atoms with E-state index in [-0.39, 0.29) is 0 Å². The van der Waals surface area contributed by atoms with Gasteiger partial charge in [-0.05, 0) is 18.6 Å². The summed E-state index contributed by atoms with van der Waals surface area (Å²) in [6.07, 6.45) is 1.05. The molecule has 2 heterocycles. The maximum absolute atomic E-state index is 6.09. The van der Waals surface area contributed by atoms with Gasteiger partial charge in [0.2, 0.25) is 5.13 Å². The van der Waals surface area contributed by atoms with E-state index in [1.165, 1.54) is 11.3 Å². The van der Waals surface area contributed by atoms with Gasteiger partial charge in [-0.15, -0.1) is 10.2 Å². The van der Waals surface area contributed by atoms with Gasteiger partial charge in [-0.3, -0.25) is 0 Å². The van der Waals surface area contributed by atoms with Crippen LogP contribution in [0.15, 0.2) is 28.7 Å². The van der Waals surface area contributed by atoms with Crippen LogP contribution < -0.4 is 5.32 Å². The van der Waals surface area contributed by atoms with Crippen molar-refractivity contribution in [3.63, 3.8) is 0 Å². The molecule has 0 spiro atoms. The molecule has 0 saturated heterocycles. The molecule has 0 saturated carbocycles. The van der Waals surface area contributed by atoms with E-state index < -0.39 is 0 Å². The van der Waals surface area contributed by atoms with Crippen LogP contribution in [0.1, 0.15) is 13.3 Å². The first-order valence-electron chi connectivity index (χ1n) is 6.03. The summed E-state index contributed by atoms with van der Waals surface area (Å²) in [5, 5.41) is 14.6. The van der Waals surface area contributed by atoms with Gasteiger partial charge in [0.25, 0.3) is 0 Å². The van der Waals surface area contributed by atoms with Gasteiger partial charge in [-0.25, -0.2) is 0 Å². The molecule has 98 valence electrons. The number of hydrogen-bond donors (Lipinski definition) is 1. The molecule has 0 unspecified atom stereocenters. The fourth-order valence-electron chi connectivity index (χ4n) is 1.76. The summed E-state index contributed by atoms with van der Waals surface area (Å²) in [4.78, 5) is 0. The van der Waals surface area contributed by atoms with Crippen LogP contribution in [0.25, 0.3) is 21.7 Å². The van der Waals surface area contributed by atoms with Crippen molar-refractivity contribution in [2.45, 2.75) is 13.3 Å². The molecule has 0 bridgehead atoms. The van der Waals surface area contributed by atoms with Crippen LogP contribution in [0.2, 0.25) is 5.02 Å². The Hall–Kier alpha value is -1.59. The van der Waals surface area contributed by atoms with E-state index in [1.54, 1.807) is 0 Å². The molecule has 1 aromatic carbocycles. The topological polar surface area (TPSA) is 51.0 Å². The number of anilines is 1. The molecule has 0 aliphatic carbocycles. The molecule has 6 heteroatoms. The lowest BCUT2D eigenvalue weighted by Gasteiger charge is -1.95. The molecule has 19 heavy (non-hydrogen) atoms. The van der Waals surface area contributed by atoms with Crippen molar-refractivity contribution in [2.24, 2.45) is 0 Å². The number of furan rings is 1. The Morgan fingerprint density at radius 1 is 1.37 bits per heavy atom. The first-order chi connectivity index (χ1) is 9.28. The minimum atomic E-state index is 0.609. The lowest BCUT2D eigenvalue weighted by Crippen LogP contribution is -1.98. The molecular formula is C13H12ClN3OS. The number of rotatable bonds is 4. The highest BCUT2D eigenvalue weighted by Crippen LogP contribution is 2.34. The van der Waals surface area contributed by atoms with Crippen LogP contribution in [0, 0.1) is 0 Å². The van der Waals surface area contributed by atoms with Crippen LogP contribution in [0.5, 0.6) is 0 Å². The maximum atomic E-state index is 6.09. The standard InChI is InChI=1S/C13H12ClN3OS/c1-2-6-15-13-17-16-12(19-13)10-7-8-4-3-5-9(14)11(8)18-10/h3-5,7H,2,6H2,1H3,(H,15,17). The van der Waals surface area contributed by atoms with Crippen molar-refractivity contribution in [2.75, 3.05) is 11.9 Å². The highest BCUT2D eigenvalue weighted by molar-refractivity contribution is 7.18. The predicted octanol–water partition coefficient (Wildman–Crippen LogP) is 4.43. The normalized spacial score (nSPS) is 11.1. The molecule has 0 amide bonds. The molecule has 2 aromatic heterocycles. The summed E-state index contributed by atoms with van der Waals surface area (Å²) in [6.45, 7) is 3.00. The zero-order valence-electron chi connectivity index (χ0n) is 10.3. The van der Waals surface area contributed by atoms with Gasteiger partial charge in [0, 0.05) is 11.9 Å². The van der Waals surface area contributed by atoms with Gasteiger partial charge in [0.1, 0.15) is 0 Å². The average molecular weight is 294 g/mol. The number of fused-ring (bicyclic) bond motifs is 1. The minimum absolute atomic E-state index is 0.609. The Kier molecular flexibility index (Phi) is 3.40. The highest BCUT2D eigenvalue weighted by Gasteiger charge is 2.13. The second-order valence-electron chi connectivity index (χ2n) is 4.11. The molecule has 0 aliphatic rings. The number of benzene rings is 1. The van der Waals surface area contributed by atoms with Crippen LogP contribution in [0.4, 0.5) is 5.13 Å². The molecule has 3 rings (SSSR count). The number of nitrogens with zero attached hydrogens (tertiary/aromatic N) is 2. The third-order valence-electron chi connectivity index (χ3n) is 2.66. The summed E-state index contributed by atoms with van der Waals surface area (Å²) < 4.78 is 5.75. The summed E-state index contributed by atoms with van der Waals surface area (Å²) >= 11 is 7.57. The van der Waals surface area contributed by atoms with Crippen LogP contribution in [0.3, 0.4) is 0 Å². The van der Waals surface area contributed by atoms with E-state index in [1.807, 2.05) is 24.3 Å². The van der Waals surface area contributed by atoms with Crippen LogP contribution >= 0.6 is 22.9 Å². The van der Waals surface area contributed by atoms with Gasteiger partial charge in [-0.1, -0.05) is 42.0 Å². The number of aromatic nitrogens is 2. The Balaban J connectivity index is 1.95. The van der Waals surface area contributed by atoms with E-state index in [9.17, 15) is 0 Å². The van der Waals surface area contributed by atoms with Gasteiger partial charge in [0.05, 0.1) is 5.02 Å². The molecular weight excluding hydrogens is 282 g/mol. The van der Waals surface area contributed by atoms with Crippen molar-refractivity contribution in [3.05, 3.63) is 29.3 Å². The lowest BCUT2D eigenvalue weighted by atomic mass is 10.2. The van der Waals surface area contributed by atoms with Gasteiger partial charge in [-0.2, -0.15) is 0 Å². The SMILES string of the molecule is CCCNc1nnc(-c2cc3cccc(Cl)c3o2)s1. The highest BCUT2D eigenvalue weighted by atomic mass is 35.5. The average Bonchev–Trinajstić information content (AvgIpc) is 3.03. The summed E-state index contributed by atoms with van der Waals surface area (Å²) in [5.41, 5.74) is 0.692. The summed E-state index contributed by atoms with van der Waals surface area (Å²) in [7, 11) is 0. The number of hydrogen-bond acceptors (Lipinski definition) is 5. The Bertz CT molecular complexity index is 707. The number of para-hydroxylation sites is 1. The molecule has 1 N–H and O–H groups in total. The van der Waals surface area contributed by atoms with Gasteiger partial charge < -0.3 is 9.73 Å². The third-order valence-corrected chi connectivity index (χ3v) is 3.85. The van der Waals surface area contributed by atoms with E-state index in [2.05, 4.69) is 22.4 Å². The molecule has 4 nitrogen and oxygen atoms in total. The van der Waals surface area contributed by atoms with Crippen LogP contribution in [-0.2, 0) is 0 Å². The fraction of sp³-hybridized carbons (Fsp3) is 0.231. The second-order valence-corrected chi connectivity index (χ2v) is 5.49. The third kappa shape index (κ3) is 2.43. The Morgan fingerprint density at radius 3 is 3.05 bits per heavy atom. The Labute approximate surface area is 119 Å². The van der Waals surface area contributed by atoms with E-state index in [0.29, 0.717) is 16.4 Å². The first kappa shape index (κ1) is 12.4. The monoisotopic (exact) mass is 293 g/mol. The van der Waals surface area contributed by atoms with Gasteiger partial charge >= 0.3 is 0 Å². The zero-order valence-corrected chi connectivity index (χ0v) is 11.9. The van der Waals surface area contributed by atoms with E-state index in [4.69, 9.17) is 16.0 Å². The molecule has 0 fully saturated rings. The fourth-order valence-corrected chi connectivity index (χ4v) is 2.70. The quantitative estimate of drug-likeness (QED) is 0.773. The Morgan fingerprint density at radius 2 is 2.26 bits per heavy atom. The first-order valence-corrected chi connectivity index (χ1v) is 7.23. The maximum Gasteiger partial charge on any atom is 0.206 e. The molecule has 0 radical (unpaired) electrons.